The lowest BCUT2D eigenvalue weighted by molar-refractivity contribution is -0.142. The topological polar surface area (TPSA) is 0 Å². The molecule has 0 heterocycles. The minimum Gasteiger partial charge on any atom is -0.0654 e. The van der Waals surface area contributed by atoms with E-state index in [9.17, 15) is 0 Å². The molecule has 0 amide bonds. The fraction of sp³-hybridized carbons (Fsp3) is 1.00. The average Bonchev–Trinajstić information content (AvgIpc) is 3.04. The van der Waals surface area contributed by atoms with E-state index in [1.54, 1.807) is 32.1 Å². The predicted octanol–water partition coefficient (Wildman–Crippen LogP) is 9.13. The number of hydrogen-bond acceptors (Lipinski definition) is 0. The Balaban J connectivity index is 1.49. The van der Waals surface area contributed by atoms with Gasteiger partial charge in [-0.15, -0.1) is 0 Å². The van der Waals surface area contributed by atoms with Gasteiger partial charge in [-0.25, -0.2) is 0 Å². The second-order valence-electron chi connectivity index (χ2n) is 13.1. The molecular formula is C29H52. The summed E-state index contributed by atoms with van der Waals surface area (Å²) in [7, 11) is 0. The fourth-order valence-electron chi connectivity index (χ4n) is 9.92. The molecule has 0 spiro atoms. The molecule has 10 unspecified atom stereocenters. The highest BCUT2D eigenvalue weighted by molar-refractivity contribution is 5.10. The van der Waals surface area contributed by atoms with E-state index in [0.29, 0.717) is 10.8 Å². The molecule has 4 rings (SSSR count). The molecule has 29 heavy (non-hydrogen) atoms. The minimum atomic E-state index is 0.657. The molecule has 4 fully saturated rings. The van der Waals surface area contributed by atoms with Gasteiger partial charge in [-0.3, -0.25) is 0 Å². The maximum atomic E-state index is 2.76. The van der Waals surface area contributed by atoms with Gasteiger partial charge >= 0.3 is 0 Å². The van der Waals surface area contributed by atoms with E-state index in [1.807, 2.05) is 0 Å². The quantitative estimate of drug-likeness (QED) is 0.390. The molecule has 0 saturated heterocycles. The zero-order valence-corrected chi connectivity index (χ0v) is 20.8. The van der Waals surface area contributed by atoms with Crippen molar-refractivity contribution in [3.05, 3.63) is 0 Å². The van der Waals surface area contributed by atoms with Crippen molar-refractivity contribution in [1.29, 1.82) is 0 Å². The van der Waals surface area contributed by atoms with Crippen LogP contribution in [-0.4, -0.2) is 0 Å². The van der Waals surface area contributed by atoms with Crippen molar-refractivity contribution in [2.75, 3.05) is 0 Å². The number of rotatable bonds is 6. The molecule has 4 saturated carbocycles. The van der Waals surface area contributed by atoms with Crippen LogP contribution >= 0.6 is 0 Å². The van der Waals surface area contributed by atoms with Crippen molar-refractivity contribution in [2.24, 2.45) is 58.2 Å². The summed E-state index contributed by atoms with van der Waals surface area (Å²) in [5.41, 5.74) is 1.33. The Hall–Kier alpha value is 0. The Bertz CT molecular complexity index is 550. The molecule has 10 atom stereocenters. The highest BCUT2D eigenvalue weighted by Crippen LogP contribution is 2.69. The molecule has 0 radical (unpaired) electrons. The molecule has 0 aromatic rings. The Morgan fingerprint density at radius 3 is 2.31 bits per heavy atom. The molecular weight excluding hydrogens is 348 g/mol. The van der Waals surface area contributed by atoms with Crippen LogP contribution in [0.5, 0.6) is 0 Å². The van der Waals surface area contributed by atoms with Crippen LogP contribution in [0.1, 0.15) is 125 Å². The normalized spacial score (nSPS) is 50.5. The van der Waals surface area contributed by atoms with Crippen LogP contribution in [0.3, 0.4) is 0 Å². The van der Waals surface area contributed by atoms with Gasteiger partial charge in [0.2, 0.25) is 0 Å². The zero-order valence-electron chi connectivity index (χ0n) is 20.8. The maximum absolute atomic E-state index is 2.76. The summed E-state index contributed by atoms with van der Waals surface area (Å²) in [5.74, 6) is 8.08. The molecule has 4 aliphatic carbocycles. The van der Waals surface area contributed by atoms with Gasteiger partial charge in [-0.1, -0.05) is 80.1 Å². The molecule has 0 aliphatic heterocycles. The molecule has 0 bridgehead atoms. The average molecular weight is 401 g/mol. The molecule has 0 aromatic carbocycles. The Labute approximate surface area is 183 Å². The van der Waals surface area contributed by atoms with Crippen molar-refractivity contribution in [1.82, 2.24) is 0 Å². The highest BCUT2D eigenvalue weighted by atomic mass is 14.7. The fourth-order valence-corrected chi connectivity index (χ4v) is 9.92. The lowest BCUT2D eigenvalue weighted by atomic mass is 9.42. The first-order valence-electron chi connectivity index (χ1n) is 13.8. The number of fused-ring (bicyclic) bond motifs is 5. The first-order chi connectivity index (χ1) is 13.8. The summed E-state index contributed by atoms with van der Waals surface area (Å²) >= 11 is 0. The van der Waals surface area contributed by atoms with E-state index in [2.05, 4.69) is 41.5 Å². The largest absolute Gasteiger partial charge is 0.0654 e. The molecule has 0 nitrogen and oxygen atoms in total. The van der Waals surface area contributed by atoms with E-state index in [1.165, 1.54) is 51.4 Å². The van der Waals surface area contributed by atoms with Crippen molar-refractivity contribution in [3.63, 3.8) is 0 Å². The smallest absolute Gasteiger partial charge is 0.0264 e. The van der Waals surface area contributed by atoms with Crippen LogP contribution in [0.2, 0.25) is 0 Å². The van der Waals surface area contributed by atoms with Crippen LogP contribution in [0.15, 0.2) is 0 Å². The standard InChI is InChI=1S/C29H52/c1-7-8-9-10-11-21(3)24-12-13-25-27-22(4)19-23-18-20(2)14-16-28(23,5)26(27)15-17-29(24,25)6/h20-27H,7-19H2,1-6H3. The van der Waals surface area contributed by atoms with Crippen molar-refractivity contribution in [2.45, 2.75) is 125 Å². The first kappa shape index (κ1) is 22.2. The van der Waals surface area contributed by atoms with Crippen LogP contribution < -0.4 is 0 Å². The molecule has 168 valence electrons. The Morgan fingerprint density at radius 2 is 1.55 bits per heavy atom. The summed E-state index contributed by atoms with van der Waals surface area (Å²) in [6, 6.07) is 0. The van der Waals surface area contributed by atoms with Gasteiger partial charge in [0.15, 0.2) is 0 Å². The summed E-state index contributed by atoms with van der Waals surface area (Å²) in [6.07, 6.45) is 19.6. The van der Waals surface area contributed by atoms with Gasteiger partial charge in [0.1, 0.15) is 0 Å². The van der Waals surface area contributed by atoms with Crippen LogP contribution in [0, 0.1) is 58.2 Å². The van der Waals surface area contributed by atoms with Crippen LogP contribution in [-0.2, 0) is 0 Å². The number of hydrogen-bond donors (Lipinski definition) is 0. The molecule has 4 aliphatic rings. The van der Waals surface area contributed by atoms with Gasteiger partial charge in [0.05, 0.1) is 0 Å². The first-order valence-corrected chi connectivity index (χ1v) is 13.8. The summed E-state index contributed by atoms with van der Waals surface area (Å²) < 4.78 is 0. The lowest BCUT2D eigenvalue weighted by Crippen LogP contribution is -2.56. The van der Waals surface area contributed by atoms with E-state index >= 15 is 0 Å². The monoisotopic (exact) mass is 400 g/mol. The van der Waals surface area contributed by atoms with Gasteiger partial charge in [-0.05, 0) is 103 Å². The van der Waals surface area contributed by atoms with Crippen molar-refractivity contribution in [3.8, 4) is 0 Å². The number of unbranched alkanes of at least 4 members (excludes halogenated alkanes) is 3. The Kier molecular flexibility index (Phi) is 6.51. The second-order valence-corrected chi connectivity index (χ2v) is 13.1. The van der Waals surface area contributed by atoms with E-state index in [0.717, 1.165) is 47.3 Å². The summed E-state index contributed by atoms with van der Waals surface area (Å²) in [6.45, 7) is 15.7. The third-order valence-electron chi connectivity index (χ3n) is 11.6. The van der Waals surface area contributed by atoms with Crippen LogP contribution in [0.25, 0.3) is 0 Å². The van der Waals surface area contributed by atoms with Crippen molar-refractivity contribution < 1.29 is 0 Å². The van der Waals surface area contributed by atoms with Gasteiger partial charge < -0.3 is 0 Å². The van der Waals surface area contributed by atoms with Gasteiger partial charge in [-0.2, -0.15) is 0 Å². The van der Waals surface area contributed by atoms with Gasteiger partial charge in [0, 0.05) is 0 Å². The molecule has 0 N–H and O–H groups in total. The van der Waals surface area contributed by atoms with Crippen molar-refractivity contribution >= 4 is 0 Å². The third kappa shape index (κ3) is 3.75. The SMILES string of the molecule is CCCCCCC(C)C1CCC2C3C(C)CC4CC(C)CCC4(C)C3CCC12C. The molecule has 0 heteroatoms. The zero-order chi connectivity index (χ0) is 20.8. The summed E-state index contributed by atoms with van der Waals surface area (Å²) in [4.78, 5) is 0. The molecule has 0 aromatic heterocycles. The van der Waals surface area contributed by atoms with E-state index in [-0.39, 0.29) is 0 Å². The Morgan fingerprint density at radius 1 is 0.828 bits per heavy atom. The maximum Gasteiger partial charge on any atom is -0.0264 e. The van der Waals surface area contributed by atoms with E-state index in [4.69, 9.17) is 0 Å². The van der Waals surface area contributed by atoms with Gasteiger partial charge in [0.25, 0.3) is 0 Å². The minimum absolute atomic E-state index is 0.657. The predicted molar refractivity (Wildman–Crippen MR) is 127 cm³/mol. The van der Waals surface area contributed by atoms with Crippen LogP contribution in [0.4, 0.5) is 0 Å². The third-order valence-corrected chi connectivity index (χ3v) is 11.6. The highest BCUT2D eigenvalue weighted by Gasteiger charge is 2.61. The summed E-state index contributed by atoms with van der Waals surface area (Å²) in [5, 5.41) is 0. The second kappa shape index (κ2) is 8.50. The van der Waals surface area contributed by atoms with E-state index < -0.39 is 0 Å². The lowest BCUT2D eigenvalue weighted by Gasteiger charge is -2.63.